The van der Waals surface area contributed by atoms with Crippen molar-refractivity contribution in [1.29, 1.82) is 0 Å². The van der Waals surface area contributed by atoms with Crippen LogP contribution in [0.25, 0.3) is 22.4 Å². The molecule has 2 saturated heterocycles. The maximum atomic E-state index is 15.8. The summed E-state index contributed by atoms with van der Waals surface area (Å²) in [5, 5.41) is 28.7. The fourth-order valence-electron chi connectivity index (χ4n) is 7.56. The number of aromatic nitrogens is 4. The van der Waals surface area contributed by atoms with Crippen LogP contribution in [0.5, 0.6) is 5.75 Å². The number of nitrogens with zero attached hydrogens (tertiary/aromatic N) is 5. The molecule has 7 rings (SSSR count). The van der Waals surface area contributed by atoms with Crippen LogP contribution in [0.3, 0.4) is 0 Å². The molecule has 11 nitrogen and oxygen atoms in total. The van der Waals surface area contributed by atoms with Crippen molar-refractivity contribution in [3.63, 3.8) is 0 Å². The van der Waals surface area contributed by atoms with E-state index in [1.807, 2.05) is 34.0 Å². The third kappa shape index (κ3) is 7.04. The zero-order chi connectivity index (χ0) is 34.1. The number of nitrogen functional groups attached to an aromatic ring is 1. The molecule has 0 radical (unpaired) electrons. The molecule has 2 atom stereocenters. The van der Waals surface area contributed by atoms with E-state index in [1.165, 1.54) is 0 Å². The van der Waals surface area contributed by atoms with E-state index in [0.717, 1.165) is 36.8 Å². The van der Waals surface area contributed by atoms with E-state index in [1.54, 1.807) is 42.6 Å². The minimum Gasteiger partial charge on any atom is -0.507 e. The Hall–Kier alpha value is -4.75. The number of phenolic OH excluding ortho intramolecular Hbond substituents is 1. The van der Waals surface area contributed by atoms with Crippen molar-refractivity contribution in [2.75, 3.05) is 18.8 Å². The van der Waals surface area contributed by atoms with E-state index in [9.17, 15) is 14.7 Å². The zero-order valence-corrected chi connectivity index (χ0v) is 27.1. The van der Waals surface area contributed by atoms with Gasteiger partial charge in [-0.3, -0.25) is 24.5 Å². The summed E-state index contributed by atoms with van der Waals surface area (Å²) in [5.74, 6) is -4.00. The van der Waals surface area contributed by atoms with Crippen LogP contribution in [0.15, 0.2) is 67.0 Å². The lowest BCUT2D eigenvalue weighted by Crippen LogP contribution is -2.52. The Bertz CT molecular complexity index is 1840. The first kappa shape index (κ1) is 32.8. The van der Waals surface area contributed by atoms with Crippen molar-refractivity contribution in [2.45, 2.75) is 81.5 Å². The molecule has 3 fully saturated rings. The highest BCUT2D eigenvalue weighted by molar-refractivity contribution is 6.00. The number of carbonyl (C=O) groups excluding carboxylic acids is 2. The number of likely N-dealkylation sites (tertiary alicyclic amines) is 1. The topological polar surface area (TPSA) is 151 Å². The van der Waals surface area contributed by atoms with Gasteiger partial charge in [-0.15, -0.1) is 10.2 Å². The van der Waals surface area contributed by atoms with E-state index in [0.29, 0.717) is 48.3 Å². The second-order valence-electron chi connectivity index (χ2n) is 13.4. The van der Waals surface area contributed by atoms with Crippen molar-refractivity contribution in [1.82, 2.24) is 35.5 Å². The highest BCUT2D eigenvalue weighted by Crippen LogP contribution is 2.43. The smallest absolute Gasteiger partial charge is 0.267 e. The number of amides is 2. The van der Waals surface area contributed by atoms with Crippen molar-refractivity contribution >= 4 is 17.6 Å². The average molecular weight is 671 g/mol. The largest absolute Gasteiger partial charge is 0.507 e. The Kier molecular flexibility index (Phi) is 9.12. The van der Waals surface area contributed by atoms with E-state index in [4.69, 9.17) is 5.73 Å². The van der Waals surface area contributed by atoms with Crippen LogP contribution in [0.2, 0.25) is 0 Å². The molecule has 256 valence electrons. The van der Waals surface area contributed by atoms with Crippen LogP contribution in [0.4, 0.5) is 14.6 Å². The molecule has 3 aliphatic rings. The Morgan fingerprint density at radius 3 is 2.53 bits per heavy atom. The number of hydrogen-bond donors (Lipinski definition) is 4. The molecule has 1 saturated carbocycles. The molecule has 4 aromatic rings. The molecular weight excluding hydrogens is 630 g/mol. The lowest BCUT2D eigenvalue weighted by molar-refractivity contribution is -0.134. The highest BCUT2D eigenvalue weighted by Gasteiger charge is 2.47. The number of rotatable bonds is 8. The van der Waals surface area contributed by atoms with Crippen LogP contribution in [0, 0.1) is 0 Å². The van der Waals surface area contributed by atoms with E-state index in [-0.39, 0.29) is 48.4 Å². The third-order valence-electron chi connectivity index (χ3n) is 10.2. The number of phenols is 1. The quantitative estimate of drug-likeness (QED) is 0.194. The van der Waals surface area contributed by atoms with Crippen molar-refractivity contribution in [3.8, 4) is 28.1 Å². The number of nitrogens with one attached hydrogen (secondary N) is 2. The number of imide groups is 1. The van der Waals surface area contributed by atoms with Gasteiger partial charge < -0.3 is 16.2 Å². The summed E-state index contributed by atoms with van der Waals surface area (Å²) < 4.78 is 33.5. The van der Waals surface area contributed by atoms with Crippen LogP contribution < -0.4 is 16.4 Å². The van der Waals surface area contributed by atoms with Gasteiger partial charge in [-0.1, -0.05) is 36.4 Å². The predicted molar refractivity (Wildman–Crippen MR) is 179 cm³/mol. The van der Waals surface area contributed by atoms with Gasteiger partial charge >= 0.3 is 0 Å². The van der Waals surface area contributed by atoms with Crippen molar-refractivity contribution in [3.05, 3.63) is 78.1 Å². The Morgan fingerprint density at radius 2 is 1.76 bits per heavy atom. The maximum absolute atomic E-state index is 15.8. The van der Waals surface area contributed by atoms with E-state index in [2.05, 4.69) is 25.9 Å². The molecule has 2 aromatic carbocycles. The number of piperidine rings is 2. The first-order chi connectivity index (χ1) is 23.6. The first-order valence-electron chi connectivity index (χ1n) is 16.9. The van der Waals surface area contributed by atoms with Crippen LogP contribution >= 0.6 is 0 Å². The molecule has 2 amide bonds. The Morgan fingerprint density at radius 1 is 0.959 bits per heavy atom. The Balaban J connectivity index is 0.947. The third-order valence-corrected chi connectivity index (χ3v) is 10.2. The molecule has 13 heteroatoms. The van der Waals surface area contributed by atoms with Gasteiger partial charge in [0.15, 0.2) is 5.82 Å². The maximum Gasteiger partial charge on any atom is 0.267 e. The fraction of sp³-hybridized carbons (Fsp3) is 0.417. The monoisotopic (exact) mass is 670 g/mol. The molecule has 0 spiro atoms. The SMILES string of the molecule is Nc1nnc(-c2ccccc2O)cc1-c1cnn(C2CCC(N3CC[C@H](c4cccc(CN[C@H]5CCC(=O)NC5=O)c4)C(F)(F)C3)CC2)c1. The minimum absolute atomic E-state index is 0.0864. The van der Waals surface area contributed by atoms with Gasteiger partial charge in [0, 0.05) is 41.9 Å². The van der Waals surface area contributed by atoms with Gasteiger partial charge in [0.25, 0.3) is 5.92 Å². The second kappa shape index (κ2) is 13.6. The number of alkyl halides is 2. The molecule has 5 N–H and O–H groups in total. The number of benzene rings is 2. The van der Waals surface area contributed by atoms with E-state index >= 15 is 8.78 Å². The van der Waals surface area contributed by atoms with Gasteiger partial charge in [0.1, 0.15) is 5.75 Å². The van der Waals surface area contributed by atoms with Crippen LogP contribution in [-0.2, 0) is 16.1 Å². The highest BCUT2D eigenvalue weighted by atomic mass is 19.3. The molecular formula is C36H40F2N8O3. The number of aromatic hydroxyl groups is 1. The number of nitrogens with two attached hydrogens (primary N) is 1. The number of carbonyl (C=O) groups is 2. The summed E-state index contributed by atoms with van der Waals surface area (Å²) in [7, 11) is 0. The lowest BCUT2D eigenvalue weighted by atomic mass is 9.83. The fourth-order valence-corrected chi connectivity index (χ4v) is 7.56. The minimum atomic E-state index is -2.88. The molecule has 0 bridgehead atoms. The summed E-state index contributed by atoms with van der Waals surface area (Å²) in [4.78, 5) is 25.5. The molecule has 2 aromatic heterocycles. The van der Waals surface area contributed by atoms with Crippen LogP contribution in [-0.4, -0.2) is 72.9 Å². The number of para-hydroxylation sites is 1. The summed E-state index contributed by atoms with van der Waals surface area (Å²) in [6.07, 6.45) is 8.02. The summed E-state index contributed by atoms with van der Waals surface area (Å²) in [5.41, 5.74) is 10.2. The molecule has 0 unspecified atom stereocenters. The normalized spacial score (nSPS) is 24.4. The average Bonchev–Trinajstić information content (AvgIpc) is 3.58. The first-order valence-corrected chi connectivity index (χ1v) is 16.9. The summed E-state index contributed by atoms with van der Waals surface area (Å²) >= 11 is 0. The molecule has 49 heavy (non-hydrogen) atoms. The van der Waals surface area contributed by atoms with Gasteiger partial charge in [-0.2, -0.15) is 5.10 Å². The number of halogens is 2. The summed E-state index contributed by atoms with van der Waals surface area (Å²) in [6.45, 7) is 0.691. The lowest BCUT2D eigenvalue weighted by Gasteiger charge is -2.44. The standard InChI is InChI=1S/C36H40F2N8O3/c37-36(38)21-45(15-14-29(36)23-5-3-4-22(16-23)18-40-30-12-13-33(48)42-35(30)49)25-8-10-26(11-9-25)46-20-24(19-41-46)28-17-31(43-44-34(28)39)27-6-1-2-7-32(27)47/h1-7,16-17,19-20,25-26,29-30,40,47H,8-15,18,21H2,(H2,39,44)(H,42,48,49)/t25?,26?,29-,30+/m1/s1. The van der Waals surface area contributed by atoms with Gasteiger partial charge in [-0.25, -0.2) is 8.78 Å². The van der Waals surface area contributed by atoms with Gasteiger partial charge in [-0.05, 0) is 74.4 Å². The molecule has 4 heterocycles. The summed E-state index contributed by atoms with van der Waals surface area (Å²) in [6, 6.07) is 15.7. The van der Waals surface area contributed by atoms with E-state index < -0.39 is 17.9 Å². The van der Waals surface area contributed by atoms with Gasteiger partial charge in [0.05, 0.1) is 36.4 Å². The second-order valence-corrected chi connectivity index (χ2v) is 13.4. The molecule has 2 aliphatic heterocycles. The molecule has 1 aliphatic carbocycles. The van der Waals surface area contributed by atoms with Crippen molar-refractivity contribution < 1.29 is 23.5 Å². The van der Waals surface area contributed by atoms with Crippen LogP contribution in [0.1, 0.15) is 68.0 Å². The Labute approximate surface area is 282 Å². The van der Waals surface area contributed by atoms with Crippen molar-refractivity contribution in [2.24, 2.45) is 0 Å². The predicted octanol–water partition coefficient (Wildman–Crippen LogP) is 4.80. The number of hydrogen-bond acceptors (Lipinski definition) is 9. The zero-order valence-electron chi connectivity index (χ0n) is 27.1. The van der Waals surface area contributed by atoms with Gasteiger partial charge in [0.2, 0.25) is 11.8 Å². The number of anilines is 1.